The lowest BCUT2D eigenvalue weighted by Gasteiger charge is -2.17. The van der Waals surface area contributed by atoms with Gasteiger partial charge in [-0.15, -0.1) is 0 Å². The van der Waals surface area contributed by atoms with Gasteiger partial charge in [-0.1, -0.05) is 35.9 Å². The van der Waals surface area contributed by atoms with Crippen LogP contribution in [-0.2, 0) is 4.79 Å². The van der Waals surface area contributed by atoms with Crippen molar-refractivity contribution < 1.29 is 14.3 Å². The molecule has 0 saturated carbocycles. The third-order valence-corrected chi connectivity index (χ3v) is 4.18. The maximum Gasteiger partial charge on any atom is 0.343 e. The van der Waals surface area contributed by atoms with Gasteiger partial charge in [0.2, 0.25) is 0 Å². The van der Waals surface area contributed by atoms with Gasteiger partial charge in [-0.3, -0.25) is 4.79 Å². The van der Waals surface area contributed by atoms with Crippen molar-refractivity contribution in [3.63, 3.8) is 0 Å². The third-order valence-electron chi connectivity index (χ3n) is 3.93. The summed E-state index contributed by atoms with van der Waals surface area (Å²) in [6.07, 6.45) is 0.0816. The van der Waals surface area contributed by atoms with Crippen molar-refractivity contribution in [1.82, 2.24) is 0 Å². The van der Waals surface area contributed by atoms with Crippen LogP contribution in [0.2, 0.25) is 5.02 Å². The van der Waals surface area contributed by atoms with E-state index in [4.69, 9.17) is 16.0 Å². The van der Waals surface area contributed by atoms with Gasteiger partial charge in [-0.05, 0) is 36.8 Å². The molecule has 122 valence electrons. The highest BCUT2D eigenvalue weighted by molar-refractivity contribution is 6.30. The summed E-state index contributed by atoms with van der Waals surface area (Å²) in [5, 5.41) is 11.6. The lowest BCUT2D eigenvalue weighted by atomic mass is 9.87. The minimum Gasteiger partial charge on any atom is -0.507 e. The number of rotatable bonds is 4. The van der Waals surface area contributed by atoms with E-state index in [1.165, 1.54) is 6.92 Å². The molecule has 0 spiro atoms. The van der Waals surface area contributed by atoms with Gasteiger partial charge in [0.05, 0.1) is 10.9 Å². The van der Waals surface area contributed by atoms with E-state index < -0.39 is 11.5 Å². The predicted octanol–water partition coefficient (Wildman–Crippen LogP) is 4.26. The molecule has 0 aliphatic carbocycles. The number of fused-ring (bicyclic) bond motifs is 1. The highest BCUT2D eigenvalue weighted by Gasteiger charge is 2.25. The summed E-state index contributed by atoms with van der Waals surface area (Å²) in [5.74, 6) is -0.842. The first-order valence-corrected chi connectivity index (χ1v) is 7.84. The smallest absolute Gasteiger partial charge is 0.343 e. The number of hydrogen-bond donors (Lipinski definition) is 1. The molecule has 2 aromatic carbocycles. The topological polar surface area (TPSA) is 67.5 Å². The SMILES string of the molecule is CC(=O)C[C@@H](c1ccc(Cl)cc1)c1c(O)c2ccccc2oc1=O. The lowest BCUT2D eigenvalue weighted by molar-refractivity contribution is -0.117. The van der Waals surface area contributed by atoms with E-state index >= 15 is 0 Å². The Balaban J connectivity index is 2.24. The summed E-state index contributed by atoms with van der Waals surface area (Å²) >= 11 is 5.91. The van der Waals surface area contributed by atoms with Gasteiger partial charge in [0.1, 0.15) is 17.1 Å². The number of halogens is 1. The summed E-state index contributed by atoms with van der Waals surface area (Å²) in [7, 11) is 0. The van der Waals surface area contributed by atoms with Crippen LogP contribution in [0.15, 0.2) is 57.7 Å². The fourth-order valence-electron chi connectivity index (χ4n) is 2.82. The first-order chi connectivity index (χ1) is 11.5. The van der Waals surface area contributed by atoms with Crippen LogP contribution in [-0.4, -0.2) is 10.9 Å². The van der Waals surface area contributed by atoms with Crippen LogP contribution in [0.25, 0.3) is 11.0 Å². The highest BCUT2D eigenvalue weighted by Crippen LogP contribution is 2.36. The second-order valence-corrected chi connectivity index (χ2v) is 6.09. The van der Waals surface area contributed by atoms with Gasteiger partial charge in [0.15, 0.2) is 0 Å². The standard InChI is InChI=1S/C19H15ClO4/c1-11(21)10-15(12-6-8-13(20)9-7-12)17-18(22)14-4-2-3-5-16(14)24-19(17)23/h2-9,15,22H,10H2,1H3/t15-/m0/s1. The van der Waals surface area contributed by atoms with Crippen molar-refractivity contribution in [1.29, 1.82) is 0 Å². The molecule has 0 aliphatic rings. The second-order valence-electron chi connectivity index (χ2n) is 5.66. The molecule has 3 rings (SSSR count). The molecule has 24 heavy (non-hydrogen) atoms. The van der Waals surface area contributed by atoms with Crippen LogP contribution >= 0.6 is 11.6 Å². The van der Waals surface area contributed by atoms with Crippen molar-refractivity contribution in [2.75, 3.05) is 0 Å². The van der Waals surface area contributed by atoms with Crippen molar-refractivity contribution >= 4 is 28.4 Å². The Labute approximate surface area is 143 Å². The molecule has 5 heteroatoms. The normalized spacial score (nSPS) is 12.2. The van der Waals surface area contributed by atoms with Crippen molar-refractivity contribution in [2.24, 2.45) is 0 Å². The predicted molar refractivity (Wildman–Crippen MR) is 92.7 cm³/mol. The van der Waals surface area contributed by atoms with Gasteiger partial charge in [-0.2, -0.15) is 0 Å². The van der Waals surface area contributed by atoms with Crippen LogP contribution in [0.4, 0.5) is 0 Å². The van der Waals surface area contributed by atoms with E-state index in [0.717, 1.165) is 0 Å². The van der Waals surface area contributed by atoms with E-state index in [1.807, 2.05) is 0 Å². The molecule has 3 aromatic rings. The van der Waals surface area contributed by atoms with Gasteiger partial charge in [0, 0.05) is 17.4 Å². The van der Waals surface area contributed by atoms with Crippen molar-refractivity contribution in [3.05, 3.63) is 75.1 Å². The molecular formula is C19H15ClO4. The molecule has 0 bridgehead atoms. The minimum atomic E-state index is -0.646. The van der Waals surface area contributed by atoms with E-state index in [1.54, 1.807) is 48.5 Å². The molecule has 0 unspecified atom stereocenters. The Morgan fingerprint density at radius 3 is 2.50 bits per heavy atom. The van der Waals surface area contributed by atoms with Crippen LogP contribution in [0.5, 0.6) is 5.75 Å². The fraction of sp³-hybridized carbons (Fsp3) is 0.158. The first kappa shape index (κ1) is 16.3. The average molecular weight is 343 g/mol. The quantitative estimate of drug-likeness (QED) is 0.719. The number of carbonyl (C=O) groups is 1. The monoisotopic (exact) mass is 342 g/mol. The zero-order valence-electron chi connectivity index (χ0n) is 13.0. The molecule has 0 aliphatic heterocycles. The Morgan fingerprint density at radius 2 is 1.83 bits per heavy atom. The van der Waals surface area contributed by atoms with E-state index in [-0.39, 0.29) is 23.5 Å². The lowest BCUT2D eigenvalue weighted by Crippen LogP contribution is -2.16. The molecule has 1 N–H and O–H groups in total. The Morgan fingerprint density at radius 1 is 1.17 bits per heavy atom. The molecule has 1 heterocycles. The molecule has 4 nitrogen and oxygen atoms in total. The molecule has 0 amide bonds. The van der Waals surface area contributed by atoms with Crippen LogP contribution in [0.1, 0.15) is 30.4 Å². The van der Waals surface area contributed by atoms with Crippen molar-refractivity contribution in [3.8, 4) is 5.75 Å². The average Bonchev–Trinajstić information content (AvgIpc) is 2.54. The number of carbonyl (C=O) groups excluding carboxylic acids is 1. The van der Waals surface area contributed by atoms with Gasteiger partial charge >= 0.3 is 5.63 Å². The molecular weight excluding hydrogens is 328 g/mol. The second kappa shape index (κ2) is 6.49. The minimum absolute atomic E-state index is 0.0816. The number of ketones is 1. The van der Waals surface area contributed by atoms with Gasteiger partial charge < -0.3 is 9.52 Å². The summed E-state index contributed by atoms with van der Waals surface area (Å²) in [5.41, 5.74) is 0.465. The maximum absolute atomic E-state index is 12.5. The third kappa shape index (κ3) is 3.05. The largest absolute Gasteiger partial charge is 0.507 e. The van der Waals surface area contributed by atoms with E-state index in [2.05, 4.69) is 0 Å². The number of para-hydroxylation sites is 1. The zero-order valence-corrected chi connectivity index (χ0v) is 13.7. The molecule has 1 aromatic heterocycles. The Hall–Kier alpha value is -2.59. The van der Waals surface area contributed by atoms with Crippen LogP contribution in [0.3, 0.4) is 0 Å². The number of hydrogen-bond acceptors (Lipinski definition) is 4. The molecule has 0 saturated heterocycles. The molecule has 1 atom stereocenters. The zero-order chi connectivity index (χ0) is 17.3. The van der Waals surface area contributed by atoms with Crippen LogP contribution < -0.4 is 5.63 Å². The summed E-state index contributed by atoms with van der Waals surface area (Å²) in [6, 6.07) is 13.6. The first-order valence-electron chi connectivity index (χ1n) is 7.47. The summed E-state index contributed by atoms with van der Waals surface area (Å²) in [4.78, 5) is 24.2. The van der Waals surface area contributed by atoms with Gasteiger partial charge in [-0.25, -0.2) is 4.79 Å². The van der Waals surface area contributed by atoms with Gasteiger partial charge in [0.25, 0.3) is 0 Å². The molecule has 0 fully saturated rings. The number of aromatic hydroxyl groups is 1. The number of Topliss-reactive ketones (excluding diaryl/α,β-unsaturated/α-hetero) is 1. The summed E-state index contributed by atoms with van der Waals surface area (Å²) < 4.78 is 5.33. The maximum atomic E-state index is 12.5. The molecule has 0 radical (unpaired) electrons. The number of benzene rings is 2. The Kier molecular flexibility index (Phi) is 4.40. The highest BCUT2D eigenvalue weighted by atomic mass is 35.5. The van der Waals surface area contributed by atoms with Crippen molar-refractivity contribution in [2.45, 2.75) is 19.3 Å². The fourth-order valence-corrected chi connectivity index (χ4v) is 2.95. The van der Waals surface area contributed by atoms with Crippen LogP contribution in [0, 0.1) is 0 Å². The summed E-state index contributed by atoms with van der Waals surface area (Å²) in [6.45, 7) is 1.45. The Bertz CT molecular complexity index is 957. The van der Waals surface area contributed by atoms with E-state index in [9.17, 15) is 14.7 Å². The van der Waals surface area contributed by atoms with E-state index in [0.29, 0.717) is 21.6 Å².